The van der Waals surface area contributed by atoms with Crippen molar-refractivity contribution in [3.05, 3.63) is 52.8 Å². The first-order chi connectivity index (χ1) is 12.7. The van der Waals surface area contributed by atoms with Gasteiger partial charge in [-0.2, -0.15) is 5.10 Å². The Morgan fingerprint density at radius 1 is 1.19 bits per heavy atom. The van der Waals surface area contributed by atoms with Crippen LogP contribution < -0.4 is 5.32 Å². The third-order valence-electron chi connectivity index (χ3n) is 5.92. The zero-order valence-electron chi connectivity index (χ0n) is 14.9. The summed E-state index contributed by atoms with van der Waals surface area (Å²) in [6.45, 7) is 5.67. The van der Waals surface area contributed by atoms with E-state index in [1.54, 1.807) is 0 Å². The summed E-state index contributed by atoms with van der Waals surface area (Å²) in [5.74, 6) is -0.167. The first-order valence-corrected chi connectivity index (χ1v) is 9.55. The number of nitrogens with one attached hydrogen (secondary N) is 1. The van der Waals surface area contributed by atoms with Crippen LogP contribution in [0.4, 0.5) is 0 Å². The summed E-state index contributed by atoms with van der Waals surface area (Å²) in [5.41, 5.74) is 3.82. The smallest absolute Gasteiger partial charge is 0.339 e. The Bertz CT molecular complexity index is 813. The van der Waals surface area contributed by atoms with Gasteiger partial charge < -0.3 is 10.1 Å². The summed E-state index contributed by atoms with van der Waals surface area (Å²) >= 11 is 0. The van der Waals surface area contributed by atoms with Gasteiger partial charge in [0.15, 0.2) is 0 Å². The second kappa shape index (κ2) is 6.21. The number of nitrogens with zero attached hydrogens (tertiary/aromatic N) is 3. The predicted molar refractivity (Wildman–Crippen MR) is 96.6 cm³/mol. The van der Waals surface area contributed by atoms with Gasteiger partial charge >= 0.3 is 5.97 Å². The average Bonchev–Trinajstić information content (AvgIpc) is 3.07. The Balaban J connectivity index is 1.28. The lowest BCUT2D eigenvalue weighted by molar-refractivity contribution is -0.0442. The fourth-order valence-corrected chi connectivity index (χ4v) is 4.52. The molecule has 0 atom stereocenters. The third kappa shape index (κ3) is 2.64. The molecule has 5 rings (SSSR count). The minimum atomic E-state index is -0.417. The highest BCUT2D eigenvalue weighted by Gasteiger charge is 2.47. The first-order valence-electron chi connectivity index (χ1n) is 9.55. The molecule has 1 aromatic heterocycles. The molecule has 1 N–H and O–H groups in total. The van der Waals surface area contributed by atoms with Crippen molar-refractivity contribution in [2.45, 2.75) is 44.5 Å². The summed E-state index contributed by atoms with van der Waals surface area (Å²) in [5, 5.41) is 8.24. The summed E-state index contributed by atoms with van der Waals surface area (Å²) in [6, 6.07) is 10.1. The first kappa shape index (κ1) is 16.0. The van der Waals surface area contributed by atoms with Crippen LogP contribution in [0.1, 0.15) is 46.6 Å². The van der Waals surface area contributed by atoms with Gasteiger partial charge in [0.25, 0.3) is 0 Å². The molecule has 0 radical (unpaired) electrons. The Labute approximate surface area is 153 Å². The maximum atomic E-state index is 12.2. The molecule has 2 aromatic rings. The van der Waals surface area contributed by atoms with E-state index in [4.69, 9.17) is 9.84 Å². The molecule has 6 nitrogen and oxygen atoms in total. The van der Waals surface area contributed by atoms with Crippen LogP contribution in [0.5, 0.6) is 0 Å². The number of hydrogen-bond donors (Lipinski definition) is 1. The molecule has 3 aliphatic rings. The molecule has 26 heavy (non-hydrogen) atoms. The Morgan fingerprint density at radius 2 is 2.04 bits per heavy atom. The van der Waals surface area contributed by atoms with Gasteiger partial charge in [0, 0.05) is 51.1 Å². The summed E-state index contributed by atoms with van der Waals surface area (Å²) in [7, 11) is 0. The van der Waals surface area contributed by atoms with Crippen molar-refractivity contribution in [1.82, 2.24) is 20.0 Å². The number of esters is 1. The largest absolute Gasteiger partial charge is 0.450 e. The lowest BCUT2D eigenvalue weighted by Gasteiger charge is -2.38. The van der Waals surface area contributed by atoms with Crippen LogP contribution in [0.3, 0.4) is 0 Å². The summed E-state index contributed by atoms with van der Waals surface area (Å²) < 4.78 is 7.99. The van der Waals surface area contributed by atoms with Crippen molar-refractivity contribution in [2.75, 3.05) is 19.6 Å². The molecule has 1 aromatic carbocycles. The predicted octanol–water partition coefficient (Wildman–Crippen LogP) is 2.04. The molecule has 0 aliphatic carbocycles. The number of fused-ring (bicyclic) bond motifs is 3. The number of aryl methyl sites for hydroxylation is 1. The van der Waals surface area contributed by atoms with E-state index >= 15 is 0 Å². The molecule has 3 aliphatic heterocycles. The minimum absolute atomic E-state index is 0.167. The van der Waals surface area contributed by atoms with E-state index in [-0.39, 0.29) is 5.97 Å². The van der Waals surface area contributed by atoms with Gasteiger partial charge in [-0.25, -0.2) is 4.79 Å². The number of aromatic nitrogens is 2. The van der Waals surface area contributed by atoms with Gasteiger partial charge in [-0.3, -0.25) is 9.58 Å². The zero-order valence-corrected chi connectivity index (χ0v) is 14.9. The number of ether oxygens (including phenoxy) is 1. The van der Waals surface area contributed by atoms with Crippen molar-refractivity contribution in [3.8, 4) is 0 Å². The number of piperidine rings is 1. The van der Waals surface area contributed by atoms with Crippen LogP contribution in [-0.2, 0) is 30.0 Å². The maximum Gasteiger partial charge on any atom is 0.339 e. The quantitative estimate of drug-likeness (QED) is 0.838. The van der Waals surface area contributed by atoms with Gasteiger partial charge in [-0.1, -0.05) is 18.2 Å². The summed E-state index contributed by atoms with van der Waals surface area (Å²) in [6.07, 6.45) is 2.83. The highest BCUT2D eigenvalue weighted by molar-refractivity contribution is 5.94. The SMILES string of the molecule is O=C1OC2(CCN(Cc3cc4n(n3)CCCNC4)CC2)c2ccccc21. The number of hydrogen-bond acceptors (Lipinski definition) is 5. The molecule has 6 heteroatoms. The van der Waals surface area contributed by atoms with E-state index in [2.05, 4.69) is 27.0 Å². The molecule has 0 amide bonds. The average molecular weight is 352 g/mol. The van der Waals surface area contributed by atoms with E-state index in [0.29, 0.717) is 0 Å². The van der Waals surface area contributed by atoms with E-state index in [1.807, 2.05) is 18.2 Å². The molecular weight excluding hydrogens is 328 g/mol. The Hall–Kier alpha value is -2.18. The second-order valence-electron chi connectivity index (χ2n) is 7.59. The van der Waals surface area contributed by atoms with Crippen LogP contribution in [0.15, 0.2) is 30.3 Å². The number of likely N-dealkylation sites (tertiary alicyclic amines) is 1. The third-order valence-corrected chi connectivity index (χ3v) is 5.92. The molecule has 0 unspecified atom stereocenters. The highest BCUT2D eigenvalue weighted by atomic mass is 16.6. The van der Waals surface area contributed by atoms with E-state index in [9.17, 15) is 4.79 Å². The highest BCUT2D eigenvalue weighted by Crippen LogP contribution is 2.44. The lowest BCUT2D eigenvalue weighted by Crippen LogP contribution is -2.42. The topological polar surface area (TPSA) is 59.4 Å². The fourth-order valence-electron chi connectivity index (χ4n) is 4.52. The van der Waals surface area contributed by atoms with Gasteiger partial charge in [-0.05, 0) is 25.1 Å². The van der Waals surface area contributed by atoms with Crippen molar-refractivity contribution in [2.24, 2.45) is 0 Å². The summed E-state index contributed by atoms with van der Waals surface area (Å²) in [4.78, 5) is 14.6. The minimum Gasteiger partial charge on any atom is -0.450 e. The van der Waals surface area contributed by atoms with Gasteiger partial charge in [0.1, 0.15) is 5.60 Å². The zero-order chi connectivity index (χ0) is 17.6. The monoisotopic (exact) mass is 352 g/mol. The molecule has 136 valence electrons. The van der Waals surface area contributed by atoms with Gasteiger partial charge in [-0.15, -0.1) is 0 Å². The molecule has 4 heterocycles. The molecule has 0 saturated carbocycles. The van der Waals surface area contributed by atoms with Crippen molar-refractivity contribution in [1.29, 1.82) is 0 Å². The van der Waals surface area contributed by atoms with Crippen LogP contribution in [0.2, 0.25) is 0 Å². The van der Waals surface area contributed by atoms with Crippen molar-refractivity contribution < 1.29 is 9.53 Å². The van der Waals surface area contributed by atoms with Crippen LogP contribution in [-0.4, -0.2) is 40.3 Å². The number of rotatable bonds is 2. The van der Waals surface area contributed by atoms with Crippen LogP contribution in [0.25, 0.3) is 0 Å². The van der Waals surface area contributed by atoms with Crippen molar-refractivity contribution >= 4 is 5.97 Å². The van der Waals surface area contributed by atoms with E-state index in [0.717, 1.165) is 75.4 Å². The van der Waals surface area contributed by atoms with Crippen molar-refractivity contribution in [3.63, 3.8) is 0 Å². The molecule has 1 spiro atoms. The van der Waals surface area contributed by atoms with Crippen LogP contribution in [0, 0.1) is 0 Å². The van der Waals surface area contributed by atoms with Gasteiger partial charge in [0.2, 0.25) is 0 Å². The maximum absolute atomic E-state index is 12.2. The molecule has 1 saturated heterocycles. The van der Waals surface area contributed by atoms with E-state index < -0.39 is 5.60 Å². The van der Waals surface area contributed by atoms with Crippen LogP contribution >= 0.6 is 0 Å². The number of carbonyl (C=O) groups is 1. The molecule has 1 fully saturated rings. The molecule has 0 bridgehead atoms. The Kier molecular flexibility index (Phi) is 3.83. The number of benzene rings is 1. The lowest BCUT2D eigenvalue weighted by atomic mass is 9.84. The molecular formula is C20H24N4O2. The standard InChI is InChI=1S/C20H24N4O2/c25-19-17-4-1-2-5-18(17)20(26-19)6-10-23(11-7-20)14-15-12-16-13-21-8-3-9-24(16)22-15/h1-2,4-5,12,21H,3,6-11,13-14H2. The second-order valence-corrected chi connectivity index (χ2v) is 7.59. The number of carbonyl (C=O) groups excluding carboxylic acids is 1. The Morgan fingerprint density at radius 3 is 2.92 bits per heavy atom. The normalized spacial score (nSPS) is 21.9. The van der Waals surface area contributed by atoms with Gasteiger partial charge in [0.05, 0.1) is 17.0 Å². The van der Waals surface area contributed by atoms with E-state index in [1.165, 1.54) is 5.69 Å². The fraction of sp³-hybridized carbons (Fsp3) is 0.500.